The van der Waals surface area contributed by atoms with Crippen molar-refractivity contribution in [3.63, 3.8) is 0 Å². The Balaban J connectivity index is 1.62. The molecule has 0 radical (unpaired) electrons. The number of rotatable bonds is 9. The number of pyridine rings is 1. The number of nitrogens with one attached hydrogen (secondary N) is 1. The van der Waals surface area contributed by atoms with Crippen molar-refractivity contribution >= 4 is 10.9 Å². The smallest absolute Gasteiger partial charge is 0.253 e. The highest BCUT2D eigenvalue weighted by Crippen LogP contribution is 2.29. The molecule has 5 aromatic rings. The molecular weight excluding hydrogens is 471 g/mol. The number of halogens is 1. The van der Waals surface area contributed by atoms with Crippen LogP contribution < -0.4 is 10.3 Å². The van der Waals surface area contributed by atoms with Crippen molar-refractivity contribution in [2.45, 2.75) is 26.1 Å². The predicted molar refractivity (Wildman–Crippen MR) is 139 cm³/mol. The second-order valence-corrected chi connectivity index (χ2v) is 8.78. The summed E-state index contributed by atoms with van der Waals surface area (Å²) in [6, 6.07) is 23.2. The molecule has 9 heteroatoms. The molecule has 5 rings (SSSR count). The van der Waals surface area contributed by atoms with E-state index < -0.39 is 6.04 Å². The molecule has 0 aliphatic rings. The van der Waals surface area contributed by atoms with Crippen LogP contribution in [-0.4, -0.2) is 43.7 Å². The molecule has 188 valence electrons. The fourth-order valence-electron chi connectivity index (χ4n) is 4.51. The third-order valence-corrected chi connectivity index (χ3v) is 6.43. The van der Waals surface area contributed by atoms with Crippen LogP contribution in [0.5, 0.6) is 5.75 Å². The van der Waals surface area contributed by atoms with Crippen molar-refractivity contribution in [1.29, 1.82) is 0 Å². The quantitative estimate of drug-likeness (QED) is 0.326. The monoisotopic (exact) mass is 498 g/mol. The van der Waals surface area contributed by atoms with Crippen molar-refractivity contribution in [3.8, 4) is 5.75 Å². The number of hydrogen-bond donors (Lipinski definition) is 1. The first-order valence-electron chi connectivity index (χ1n) is 12.0. The van der Waals surface area contributed by atoms with E-state index >= 15 is 0 Å². The lowest BCUT2D eigenvalue weighted by Crippen LogP contribution is -2.35. The van der Waals surface area contributed by atoms with Gasteiger partial charge in [-0.25, -0.2) is 9.07 Å². The zero-order chi connectivity index (χ0) is 25.8. The van der Waals surface area contributed by atoms with E-state index in [1.54, 1.807) is 30.0 Å². The number of aromatic nitrogens is 5. The lowest BCUT2D eigenvalue weighted by atomic mass is 10.0. The molecule has 1 N–H and O–H groups in total. The average molecular weight is 499 g/mol. The Morgan fingerprint density at radius 3 is 2.54 bits per heavy atom. The Kier molecular flexibility index (Phi) is 7.04. The predicted octanol–water partition coefficient (Wildman–Crippen LogP) is 4.32. The molecule has 37 heavy (non-hydrogen) atoms. The fourth-order valence-corrected chi connectivity index (χ4v) is 4.51. The van der Waals surface area contributed by atoms with Crippen molar-refractivity contribution in [2.75, 3.05) is 13.7 Å². The van der Waals surface area contributed by atoms with E-state index in [0.717, 1.165) is 16.5 Å². The zero-order valence-electron chi connectivity index (χ0n) is 20.6. The third-order valence-electron chi connectivity index (χ3n) is 6.43. The second kappa shape index (κ2) is 10.7. The Bertz CT molecular complexity index is 1550. The van der Waals surface area contributed by atoms with Gasteiger partial charge in [-0.3, -0.25) is 9.69 Å². The first-order valence-corrected chi connectivity index (χ1v) is 12.0. The molecule has 0 aliphatic carbocycles. The van der Waals surface area contributed by atoms with Gasteiger partial charge >= 0.3 is 0 Å². The maximum absolute atomic E-state index is 13.5. The van der Waals surface area contributed by atoms with Crippen LogP contribution in [0.25, 0.3) is 10.9 Å². The Hall–Kier alpha value is -4.37. The first kappa shape index (κ1) is 24.3. The minimum Gasteiger partial charge on any atom is -0.497 e. The van der Waals surface area contributed by atoms with E-state index in [9.17, 15) is 9.18 Å². The van der Waals surface area contributed by atoms with Gasteiger partial charge in [0.25, 0.3) is 5.56 Å². The Morgan fingerprint density at radius 1 is 1.03 bits per heavy atom. The molecule has 0 unspecified atom stereocenters. The summed E-state index contributed by atoms with van der Waals surface area (Å²) >= 11 is 0. The van der Waals surface area contributed by atoms with Crippen LogP contribution in [0, 0.1) is 5.82 Å². The number of methoxy groups -OCH3 is 1. The Labute approximate surface area is 213 Å². The lowest BCUT2D eigenvalue weighted by molar-refractivity contribution is 0.214. The summed E-state index contributed by atoms with van der Waals surface area (Å²) in [7, 11) is 1.59. The molecule has 8 nitrogen and oxygen atoms in total. The number of benzene rings is 3. The molecule has 0 saturated heterocycles. The molecule has 0 aliphatic heterocycles. The van der Waals surface area contributed by atoms with E-state index in [4.69, 9.17) is 4.74 Å². The normalized spacial score (nSPS) is 12.2. The van der Waals surface area contributed by atoms with Gasteiger partial charge in [-0.05, 0) is 63.8 Å². The molecule has 0 amide bonds. The Morgan fingerprint density at radius 2 is 1.81 bits per heavy atom. The summed E-state index contributed by atoms with van der Waals surface area (Å²) in [4.78, 5) is 18.7. The summed E-state index contributed by atoms with van der Waals surface area (Å²) in [6.07, 6.45) is 0. The minimum atomic E-state index is -0.532. The van der Waals surface area contributed by atoms with Crippen LogP contribution in [0.4, 0.5) is 4.39 Å². The summed E-state index contributed by atoms with van der Waals surface area (Å²) in [5.41, 5.74) is 2.94. The fraction of sp³-hybridized carbons (Fsp3) is 0.214. The van der Waals surface area contributed by atoms with E-state index in [-0.39, 0.29) is 11.4 Å². The number of hydrogen-bond acceptors (Lipinski definition) is 6. The number of H-pyrrole nitrogens is 1. The van der Waals surface area contributed by atoms with Gasteiger partial charge in [-0.15, -0.1) is 5.10 Å². The van der Waals surface area contributed by atoms with E-state index in [1.165, 1.54) is 12.1 Å². The zero-order valence-corrected chi connectivity index (χ0v) is 20.6. The van der Waals surface area contributed by atoms with Gasteiger partial charge in [-0.1, -0.05) is 49.4 Å². The molecule has 0 fully saturated rings. The average Bonchev–Trinajstić information content (AvgIpc) is 3.37. The minimum absolute atomic E-state index is 0.228. The van der Waals surface area contributed by atoms with Crippen LogP contribution in [0.2, 0.25) is 0 Å². The maximum atomic E-state index is 13.5. The van der Waals surface area contributed by atoms with Crippen LogP contribution in [0.3, 0.4) is 0 Å². The van der Waals surface area contributed by atoms with Crippen molar-refractivity contribution < 1.29 is 9.13 Å². The van der Waals surface area contributed by atoms with Gasteiger partial charge in [0, 0.05) is 18.2 Å². The maximum Gasteiger partial charge on any atom is 0.253 e. The van der Waals surface area contributed by atoms with Gasteiger partial charge in [0.1, 0.15) is 17.6 Å². The van der Waals surface area contributed by atoms with Gasteiger partial charge < -0.3 is 9.72 Å². The number of aromatic amines is 1. The molecular formula is C28H27FN6O2. The van der Waals surface area contributed by atoms with Crippen LogP contribution in [0.1, 0.15) is 35.5 Å². The molecule has 2 heterocycles. The first-order chi connectivity index (χ1) is 18.1. The highest BCUT2D eigenvalue weighted by atomic mass is 19.1. The van der Waals surface area contributed by atoms with Crippen molar-refractivity contribution in [3.05, 3.63) is 118 Å². The van der Waals surface area contributed by atoms with E-state index in [2.05, 4.69) is 37.5 Å². The third kappa shape index (κ3) is 5.26. The van der Waals surface area contributed by atoms with Gasteiger partial charge in [0.05, 0.1) is 19.2 Å². The summed E-state index contributed by atoms with van der Waals surface area (Å²) in [5.74, 6) is 0.883. The van der Waals surface area contributed by atoms with Crippen LogP contribution >= 0.6 is 0 Å². The number of fused-ring (bicyclic) bond motifs is 1. The van der Waals surface area contributed by atoms with Crippen molar-refractivity contribution in [1.82, 2.24) is 30.1 Å². The number of tetrazole rings is 1. The van der Waals surface area contributed by atoms with Gasteiger partial charge in [-0.2, -0.15) is 0 Å². The highest BCUT2D eigenvalue weighted by Gasteiger charge is 2.30. The topological polar surface area (TPSA) is 88.9 Å². The van der Waals surface area contributed by atoms with Gasteiger partial charge in [0.15, 0.2) is 5.82 Å². The van der Waals surface area contributed by atoms with E-state index in [0.29, 0.717) is 42.3 Å². The summed E-state index contributed by atoms with van der Waals surface area (Å²) < 4.78 is 20.5. The SMILES string of the molecule is CCN(Cc1ccccc1)[C@@H](c1cc2ccc(OC)cc2[nH]c1=O)c1nnnn1Cc1ccc(F)cc1. The summed E-state index contributed by atoms with van der Waals surface area (Å²) in [5, 5.41) is 13.4. The van der Waals surface area contributed by atoms with Crippen molar-refractivity contribution in [2.24, 2.45) is 0 Å². The molecule has 2 aromatic heterocycles. The molecule has 0 spiro atoms. The molecule has 3 aromatic carbocycles. The largest absolute Gasteiger partial charge is 0.497 e. The highest BCUT2D eigenvalue weighted by molar-refractivity contribution is 5.80. The summed E-state index contributed by atoms with van der Waals surface area (Å²) in [6.45, 7) is 3.61. The lowest BCUT2D eigenvalue weighted by Gasteiger charge is -2.30. The number of ether oxygens (including phenoxy) is 1. The van der Waals surface area contributed by atoms with Crippen LogP contribution in [-0.2, 0) is 13.1 Å². The van der Waals surface area contributed by atoms with Crippen LogP contribution in [0.15, 0.2) is 83.7 Å². The molecule has 0 bridgehead atoms. The van der Waals surface area contributed by atoms with E-state index in [1.807, 2.05) is 43.3 Å². The second-order valence-electron chi connectivity index (χ2n) is 8.78. The van der Waals surface area contributed by atoms with Gasteiger partial charge in [0.2, 0.25) is 0 Å². The standard InChI is InChI=1S/C28H27FN6O2/c1-3-34(17-19-7-5-4-6-8-19)26(24-15-21-11-14-23(37-2)16-25(21)30-28(24)36)27-31-32-33-35(27)18-20-9-12-22(29)13-10-20/h4-16,26H,3,17-18H2,1-2H3,(H,30,36)/t26-/m0/s1. The number of nitrogens with zero attached hydrogens (tertiary/aromatic N) is 5. The molecule has 0 saturated carbocycles. The molecule has 1 atom stereocenters.